The summed E-state index contributed by atoms with van der Waals surface area (Å²) in [5, 5.41) is 0. The van der Waals surface area contributed by atoms with Gasteiger partial charge in [-0.1, -0.05) is 25.3 Å². The number of hydrogen-bond acceptors (Lipinski definition) is 1. The van der Waals surface area contributed by atoms with Crippen LogP contribution in [0.1, 0.15) is 72.9 Å². The molecule has 140 valence electrons. The number of piperidine rings is 1. The number of likely N-dealkylation sites (tertiary alicyclic amines) is 1. The van der Waals surface area contributed by atoms with Gasteiger partial charge in [0, 0.05) is 35.7 Å². The first kappa shape index (κ1) is 16.8. The molecule has 1 saturated heterocycles. The molecule has 0 spiro atoms. The Kier molecular flexibility index (Phi) is 3.76. The fraction of sp³-hybridized carbons (Fsp3) is 0.696. The van der Waals surface area contributed by atoms with Crippen LogP contribution < -0.4 is 5.73 Å². The van der Waals surface area contributed by atoms with Gasteiger partial charge in [0.25, 0.3) is 0 Å². The number of nitrogens with two attached hydrogens (primary N) is 1. The van der Waals surface area contributed by atoms with Gasteiger partial charge in [0.2, 0.25) is 5.91 Å². The highest BCUT2D eigenvalue weighted by Gasteiger charge is 2.59. The van der Waals surface area contributed by atoms with E-state index in [2.05, 4.69) is 19.2 Å². The van der Waals surface area contributed by atoms with Gasteiger partial charge in [0.05, 0.1) is 26.2 Å². The number of carbonyl (C=O) groups excluding carboxylic acids is 1. The number of hydrogen-bond donors (Lipinski definition) is 1. The minimum Gasteiger partial charge on any atom is -0.366 e. The molecule has 1 aromatic rings. The van der Waals surface area contributed by atoms with E-state index in [0.29, 0.717) is 11.0 Å². The molecule has 3 heteroatoms. The van der Waals surface area contributed by atoms with Gasteiger partial charge in [0.15, 0.2) is 0 Å². The molecule has 5 rings (SSSR count). The Bertz CT molecular complexity index is 740. The topological polar surface area (TPSA) is 43.1 Å². The van der Waals surface area contributed by atoms with Gasteiger partial charge in [-0.2, -0.15) is 0 Å². The second kappa shape index (κ2) is 5.82. The van der Waals surface area contributed by atoms with Crippen LogP contribution in [0.4, 0.5) is 0 Å². The van der Waals surface area contributed by atoms with Gasteiger partial charge < -0.3 is 10.2 Å². The summed E-state index contributed by atoms with van der Waals surface area (Å²) in [5.74, 6) is 1.49. The number of benzene rings is 1. The van der Waals surface area contributed by atoms with E-state index in [0.717, 1.165) is 17.9 Å². The van der Waals surface area contributed by atoms with Crippen molar-refractivity contribution in [3.05, 3.63) is 34.9 Å². The van der Waals surface area contributed by atoms with Crippen LogP contribution >= 0.6 is 0 Å². The maximum absolute atomic E-state index is 11.8. The largest absolute Gasteiger partial charge is 0.366 e. The molecule has 3 fully saturated rings. The Morgan fingerprint density at radius 1 is 1.19 bits per heavy atom. The Morgan fingerprint density at radius 2 is 2.04 bits per heavy atom. The molecule has 2 bridgehead atoms. The zero-order valence-corrected chi connectivity index (χ0v) is 16.2. The molecule has 1 aromatic carbocycles. The second-order valence-electron chi connectivity index (χ2n) is 9.95. The van der Waals surface area contributed by atoms with Crippen LogP contribution in [-0.4, -0.2) is 36.6 Å². The highest BCUT2D eigenvalue weighted by molar-refractivity contribution is 5.93. The van der Waals surface area contributed by atoms with E-state index in [-0.39, 0.29) is 5.91 Å². The lowest BCUT2D eigenvalue weighted by Gasteiger charge is -2.62. The molecule has 4 aliphatic rings. The summed E-state index contributed by atoms with van der Waals surface area (Å²) in [4.78, 5) is 11.8. The fourth-order valence-electron chi connectivity index (χ4n) is 7.11. The van der Waals surface area contributed by atoms with E-state index in [1.807, 2.05) is 6.07 Å². The third kappa shape index (κ3) is 2.32. The maximum Gasteiger partial charge on any atom is 0.248 e. The van der Waals surface area contributed by atoms with E-state index < -0.39 is 0 Å². The first-order chi connectivity index (χ1) is 12.5. The summed E-state index contributed by atoms with van der Waals surface area (Å²) in [6.07, 6.45) is 12.3. The minimum atomic E-state index is -0.278. The molecule has 1 aliphatic heterocycles. The minimum absolute atomic E-state index is 0.278. The molecule has 4 atom stereocenters. The average Bonchev–Trinajstić information content (AvgIpc) is 2.61. The molecule has 2 saturated carbocycles. The van der Waals surface area contributed by atoms with Crippen LogP contribution in [0.25, 0.3) is 0 Å². The van der Waals surface area contributed by atoms with Gasteiger partial charge in [-0.15, -0.1) is 0 Å². The number of likely N-dealkylation sites (N-methyl/N-ethyl adjacent to an activating group) is 1. The van der Waals surface area contributed by atoms with E-state index >= 15 is 0 Å². The first-order valence-corrected chi connectivity index (χ1v) is 10.8. The van der Waals surface area contributed by atoms with E-state index in [1.165, 1.54) is 86.5 Å². The van der Waals surface area contributed by atoms with Crippen molar-refractivity contribution in [2.75, 3.05) is 20.1 Å². The number of amides is 1. The first-order valence-electron chi connectivity index (χ1n) is 10.8. The third-order valence-corrected chi connectivity index (χ3v) is 8.69. The normalized spacial score (nSPS) is 38.8. The van der Waals surface area contributed by atoms with Crippen LogP contribution in [0, 0.1) is 11.8 Å². The summed E-state index contributed by atoms with van der Waals surface area (Å²) >= 11 is 0. The lowest BCUT2D eigenvalue weighted by Crippen LogP contribution is -2.69. The van der Waals surface area contributed by atoms with Crippen molar-refractivity contribution >= 4 is 5.91 Å². The summed E-state index contributed by atoms with van der Waals surface area (Å²) in [6, 6.07) is 7.14. The second-order valence-corrected chi connectivity index (χ2v) is 9.95. The fourth-order valence-corrected chi connectivity index (χ4v) is 7.11. The zero-order valence-electron chi connectivity index (χ0n) is 16.2. The number of carbonyl (C=O) groups is 1. The van der Waals surface area contributed by atoms with Crippen LogP contribution in [0.3, 0.4) is 0 Å². The molecule has 2 N–H and O–H groups in total. The molecule has 3 nitrogen and oxygen atoms in total. The number of rotatable bonds is 3. The molecule has 3 aliphatic carbocycles. The van der Waals surface area contributed by atoms with Gasteiger partial charge in [-0.05, 0) is 48.9 Å². The van der Waals surface area contributed by atoms with Gasteiger partial charge in [-0.25, -0.2) is 0 Å². The molecule has 1 amide bonds. The quantitative estimate of drug-likeness (QED) is 0.826. The van der Waals surface area contributed by atoms with Crippen LogP contribution in [0.5, 0.6) is 0 Å². The van der Waals surface area contributed by atoms with Crippen LogP contribution in [-0.2, 0) is 11.8 Å². The highest BCUT2D eigenvalue weighted by Crippen LogP contribution is 2.57. The number of fused-ring (bicyclic) bond motifs is 1. The highest BCUT2D eigenvalue weighted by atomic mass is 16.1. The smallest absolute Gasteiger partial charge is 0.248 e. The molecule has 4 unspecified atom stereocenters. The predicted octanol–water partition coefficient (Wildman–Crippen LogP) is 3.79. The van der Waals surface area contributed by atoms with Crippen molar-refractivity contribution in [3.8, 4) is 0 Å². The van der Waals surface area contributed by atoms with Crippen molar-refractivity contribution in [3.63, 3.8) is 0 Å². The molecule has 26 heavy (non-hydrogen) atoms. The van der Waals surface area contributed by atoms with E-state index in [1.54, 1.807) is 0 Å². The number of nitrogens with zero attached hydrogens (tertiary/aromatic N) is 1. The van der Waals surface area contributed by atoms with Crippen molar-refractivity contribution in [2.45, 2.75) is 69.2 Å². The van der Waals surface area contributed by atoms with E-state index in [4.69, 9.17) is 5.73 Å². The molecular weight excluding hydrogens is 320 g/mol. The van der Waals surface area contributed by atoms with Crippen LogP contribution in [0.2, 0.25) is 0 Å². The number of primary amides is 1. The Labute approximate surface area is 157 Å². The Hall–Kier alpha value is -1.35. The van der Waals surface area contributed by atoms with Crippen molar-refractivity contribution in [2.24, 2.45) is 17.6 Å². The van der Waals surface area contributed by atoms with Crippen molar-refractivity contribution in [1.29, 1.82) is 0 Å². The lowest BCUT2D eigenvalue weighted by atomic mass is 9.51. The van der Waals surface area contributed by atoms with Gasteiger partial charge in [-0.3, -0.25) is 4.79 Å². The average molecular weight is 354 g/mol. The van der Waals surface area contributed by atoms with Crippen molar-refractivity contribution < 1.29 is 9.28 Å². The van der Waals surface area contributed by atoms with E-state index in [9.17, 15) is 4.79 Å². The maximum atomic E-state index is 11.8. The SMILES string of the molecule is C[N+]1(CC2CCC2)CCC23CCCCC2C1Cc1ccc(C(N)=O)cc13. The number of quaternary nitrogens is 1. The summed E-state index contributed by atoms with van der Waals surface area (Å²) < 4.78 is 1.30. The third-order valence-electron chi connectivity index (χ3n) is 8.69. The van der Waals surface area contributed by atoms with Gasteiger partial charge in [0.1, 0.15) is 0 Å². The van der Waals surface area contributed by atoms with Gasteiger partial charge >= 0.3 is 0 Å². The molecule has 0 radical (unpaired) electrons. The lowest BCUT2D eigenvalue weighted by molar-refractivity contribution is -0.948. The Morgan fingerprint density at radius 3 is 2.77 bits per heavy atom. The van der Waals surface area contributed by atoms with Crippen LogP contribution in [0.15, 0.2) is 18.2 Å². The standard InChI is InChI=1S/C23H32N2O/c1-25(15-16-5-4-6-16)12-11-23-10-3-2-7-19(23)21(25)14-17-8-9-18(22(24)26)13-20(17)23/h8-9,13,16,19,21H,2-7,10-12,14-15H2,1H3,(H-,24,26)/p+1. The predicted molar refractivity (Wildman–Crippen MR) is 104 cm³/mol. The molecular formula is C23H33N2O+. The summed E-state index contributed by atoms with van der Waals surface area (Å²) in [5.41, 5.74) is 9.64. The molecule has 1 heterocycles. The summed E-state index contributed by atoms with van der Waals surface area (Å²) in [7, 11) is 2.56. The Balaban J connectivity index is 1.58. The monoisotopic (exact) mass is 353 g/mol. The zero-order chi connectivity index (χ0) is 17.9. The van der Waals surface area contributed by atoms with Crippen molar-refractivity contribution in [1.82, 2.24) is 0 Å². The summed E-state index contributed by atoms with van der Waals surface area (Å²) in [6.45, 7) is 2.71. The molecule has 0 aromatic heterocycles.